The minimum atomic E-state index is -0.611. The molecule has 1 N–H and O–H groups in total. The van der Waals surface area contributed by atoms with Crippen molar-refractivity contribution in [2.24, 2.45) is 17.8 Å². The van der Waals surface area contributed by atoms with Crippen molar-refractivity contribution < 1.29 is 0 Å². The summed E-state index contributed by atoms with van der Waals surface area (Å²) in [6.07, 6.45) is 13.8. The molecule has 22 heavy (non-hydrogen) atoms. The lowest BCUT2D eigenvalue weighted by Crippen LogP contribution is -2.65. The van der Waals surface area contributed by atoms with Gasteiger partial charge in [0.2, 0.25) is 0 Å². The second-order valence-corrected chi connectivity index (χ2v) is 12.3. The number of rotatable bonds is 4. The molecule has 0 saturated heterocycles. The first kappa shape index (κ1) is 15.2. The Labute approximate surface area is 138 Å². The van der Waals surface area contributed by atoms with Crippen molar-refractivity contribution in [2.45, 2.75) is 82.6 Å². The second kappa shape index (κ2) is 5.34. The van der Waals surface area contributed by atoms with Gasteiger partial charge in [-0.05, 0) is 74.3 Å². The lowest BCUT2D eigenvalue weighted by Gasteiger charge is -2.63. The van der Waals surface area contributed by atoms with Crippen LogP contribution in [0.5, 0.6) is 0 Å². The van der Waals surface area contributed by atoms with E-state index in [4.69, 9.17) is 0 Å². The molecule has 0 aromatic carbocycles. The van der Waals surface area contributed by atoms with Gasteiger partial charge in [0.25, 0.3) is 0 Å². The van der Waals surface area contributed by atoms with Gasteiger partial charge in [0.1, 0.15) is 0 Å². The number of nitrogens with one attached hydrogen (secondary N) is 1. The van der Waals surface area contributed by atoms with Crippen LogP contribution in [0.15, 0.2) is 23.3 Å². The van der Waals surface area contributed by atoms with Crippen LogP contribution < -0.4 is 5.32 Å². The minimum absolute atomic E-state index is 0.496. The third-order valence-corrected chi connectivity index (χ3v) is 9.88. The molecule has 0 spiro atoms. The molecular weight excluding hydrogens is 282 g/mol. The zero-order valence-corrected chi connectivity index (χ0v) is 16.0. The third kappa shape index (κ3) is 2.29. The highest BCUT2D eigenvalue weighted by atomic mass is 28.3. The highest BCUT2D eigenvalue weighted by molar-refractivity contribution is 6.58. The summed E-state index contributed by atoms with van der Waals surface area (Å²) in [4.78, 5) is 0. The maximum Gasteiger partial charge on any atom is 0.0451 e. The smallest absolute Gasteiger partial charge is 0.0451 e. The standard InChI is InChI=1S/C20H33NSi/c1-5-16-10-18(6-13(16)2)21-20-11-14-7-15(12-20)9-17(8-14)19(20)22(3)4/h6,10,14-15,17-19,21-22H,5,7-9,11-12H2,1-4H3. The van der Waals surface area contributed by atoms with Gasteiger partial charge in [-0.3, -0.25) is 0 Å². The highest BCUT2D eigenvalue weighted by Gasteiger charge is 2.57. The van der Waals surface area contributed by atoms with E-state index >= 15 is 0 Å². The molecule has 5 rings (SSSR count). The van der Waals surface area contributed by atoms with Gasteiger partial charge in [0.05, 0.1) is 0 Å². The van der Waals surface area contributed by atoms with E-state index in [1.165, 1.54) is 24.8 Å². The molecule has 2 heteroatoms. The van der Waals surface area contributed by atoms with Gasteiger partial charge in [-0.2, -0.15) is 0 Å². The maximum absolute atomic E-state index is 4.23. The van der Waals surface area contributed by atoms with E-state index in [0.29, 0.717) is 11.6 Å². The van der Waals surface area contributed by atoms with Gasteiger partial charge in [0.15, 0.2) is 0 Å². The Morgan fingerprint density at radius 1 is 1.14 bits per heavy atom. The van der Waals surface area contributed by atoms with Gasteiger partial charge in [-0.1, -0.05) is 37.7 Å². The minimum Gasteiger partial charge on any atom is -0.302 e. The Kier molecular flexibility index (Phi) is 3.69. The molecule has 5 aliphatic rings. The van der Waals surface area contributed by atoms with Gasteiger partial charge < -0.3 is 5.32 Å². The summed E-state index contributed by atoms with van der Waals surface area (Å²) >= 11 is 0. The first-order valence-electron chi connectivity index (χ1n) is 9.68. The van der Waals surface area contributed by atoms with E-state index in [9.17, 15) is 0 Å². The Balaban J connectivity index is 1.62. The molecule has 0 amide bonds. The molecule has 0 heterocycles. The van der Waals surface area contributed by atoms with E-state index < -0.39 is 8.80 Å². The van der Waals surface area contributed by atoms with Crippen molar-refractivity contribution in [3.63, 3.8) is 0 Å². The predicted octanol–water partition coefficient (Wildman–Crippen LogP) is 4.68. The molecule has 0 aliphatic heterocycles. The monoisotopic (exact) mass is 315 g/mol. The summed E-state index contributed by atoms with van der Waals surface area (Å²) in [7, 11) is -0.611. The van der Waals surface area contributed by atoms with Crippen LogP contribution in [-0.2, 0) is 0 Å². The van der Waals surface area contributed by atoms with Crippen molar-refractivity contribution in [2.75, 3.05) is 0 Å². The molecule has 0 aromatic heterocycles. The fraction of sp³-hybridized carbons (Fsp3) is 0.800. The Bertz CT molecular complexity index is 504. The fourth-order valence-electron chi connectivity index (χ4n) is 7.06. The van der Waals surface area contributed by atoms with Crippen molar-refractivity contribution in [1.29, 1.82) is 0 Å². The fourth-order valence-corrected chi connectivity index (χ4v) is 10.1. The maximum atomic E-state index is 4.23. The SMILES string of the molecule is CCC1=CC(NC23CC4CC(CC(C4)C2[SiH](C)C)C3)C=C1C. The van der Waals surface area contributed by atoms with E-state index in [0.717, 1.165) is 23.3 Å². The van der Waals surface area contributed by atoms with Crippen LogP contribution in [0.1, 0.15) is 52.4 Å². The zero-order chi connectivity index (χ0) is 15.5. The first-order chi connectivity index (χ1) is 10.5. The Hall–Kier alpha value is -0.343. The lowest BCUT2D eigenvalue weighted by atomic mass is 9.52. The molecular formula is C20H33NSi. The molecule has 5 aliphatic carbocycles. The summed E-state index contributed by atoms with van der Waals surface area (Å²) in [5, 5.41) is 4.23. The van der Waals surface area contributed by atoms with Crippen LogP contribution in [-0.4, -0.2) is 20.4 Å². The van der Waals surface area contributed by atoms with Gasteiger partial charge in [-0.25, -0.2) is 0 Å². The van der Waals surface area contributed by atoms with Crippen molar-refractivity contribution in [3.8, 4) is 0 Å². The van der Waals surface area contributed by atoms with Crippen molar-refractivity contribution in [3.05, 3.63) is 23.3 Å². The van der Waals surface area contributed by atoms with E-state index in [2.05, 4.69) is 44.4 Å². The van der Waals surface area contributed by atoms with Gasteiger partial charge in [0, 0.05) is 20.4 Å². The van der Waals surface area contributed by atoms with Crippen LogP contribution in [0.4, 0.5) is 0 Å². The van der Waals surface area contributed by atoms with Gasteiger partial charge in [-0.15, -0.1) is 0 Å². The molecule has 4 saturated carbocycles. The van der Waals surface area contributed by atoms with Crippen LogP contribution in [0.2, 0.25) is 18.6 Å². The molecule has 122 valence electrons. The predicted molar refractivity (Wildman–Crippen MR) is 98.0 cm³/mol. The normalized spacial score (nSPS) is 46.3. The van der Waals surface area contributed by atoms with Crippen LogP contribution >= 0.6 is 0 Å². The largest absolute Gasteiger partial charge is 0.302 e. The van der Waals surface area contributed by atoms with Crippen LogP contribution in [0, 0.1) is 17.8 Å². The molecule has 4 atom stereocenters. The summed E-state index contributed by atoms with van der Waals surface area (Å²) in [6, 6.07) is 0.515. The molecule has 4 unspecified atom stereocenters. The van der Waals surface area contributed by atoms with E-state index in [1.807, 2.05) is 0 Å². The van der Waals surface area contributed by atoms with Crippen LogP contribution in [0.3, 0.4) is 0 Å². The average Bonchev–Trinajstić information content (AvgIpc) is 2.76. The van der Waals surface area contributed by atoms with Crippen molar-refractivity contribution >= 4 is 8.80 Å². The lowest BCUT2D eigenvalue weighted by molar-refractivity contribution is -0.0214. The third-order valence-electron chi connectivity index (χ3n) is 7.26. The summed E-state index contributed by atoms with van der Waals surface area (Å²) in [6.45, 7) is 9.81. The van der Waals surface area contributed by atoms with E-state index in [1.54, 1.807) is 24.8 Å². The average molecular weight is 316 g/mol. The molecule has 1 nitrogen and oxygen atoms in total. The number of allylic oxidation sites excluding steroid dienone is 2. The zero-order valence-electron chi connectivity index (χ0n) is 14.9. The summed E-state index contributed by atoms with van der Waals surface area (Å²) in [5.41, 5.74) is 4.62. The molecule has 4 fully saturated rings. The van der Waals surface area contributed by atoms with Crippen molar-refractivity contribution in [1.82, 2.24) is 5.32 Å². The Morgan fingerprint density at radius 3 is 2.36 bits per heavy atom. The topological polar surface area (TPSA) is 12.0 Å². The number of hydrogen-bond donors (Lipinski definition) is 1. The number of hydrogen-bond acceptors (Lipinski definition) is 1. The van der Waals surface area contributed by atoms with E-state index in [-0.39, 0.29) is 0 Å². The Morgan fingerprint density at radius 2 is 1.82 bits per heavy atom. The molecule has 0 radical (unpaired) electrons. The highest BCUT2D eigenvalue weighted by Crippen LogP contribution is 2.62. The summed E-state index contributed by atoms with van der Waals surface area (Å²) < 4.78 is 0. The molecule has 0 aromatic rings. The quantitative estimate of drug-likeness (QED) is 0.743. The molecule has 4 bridgehead atoms. The van der Waals surface area contributed by atoms with Gasteiger partial charge >= 0.3 is 0 Å². The summed E-state index contributed by atoms with van der Waals surface area (Å²) in [5.74, 6) is 3.14. The first-order valence-corrected chi connectivity index (χ1v) is 12.7. The van der Waals surface area contributed by atoms with Crippen LogP contribution in [0.25, 0.3) is 0 Å². The second-order valence-electron chi connectivity index (χ2n) is 9.10.